The fourth-order valence-electron chi connectivity index (χ4n) is 5.69. The number of carbonyl (C=O) groups is 1. The van der Waals surface area contributed by atoms with Crippen LogP contribution in [0.15, 0.2) is 45.7 Å². The largest absolute Gasteiger partial charge is 0.403 e. The van der Waals surface area contributed by atoms with Gasteiger partial charge in [-0.2, -0.15) is 0 Å². The minimum atomic E-state index is -4.13. The van der Waals surface area contributed by atoms with E-state index >= 15 is 4.39 Å². The van der Waals surface area contributed by atoms with Crippen molar-refractivity contribution in [2.75, 3.05) is 35.2 Å². The number of fused-ring (bicyclic) bond motifs is 1. The number of sulfone groups is 1. The fourth-order valence-corrected chi connectivity index (χ4v) is 7.38. The molecule has 3 aromatic rings. The minimum absolute atomic E-state index is 0.0466. The van der Waals surface area contributed by atoms with Gasteiger partial charge < -0.3 is 25.3 Å². The summed E-state index contributed by atoms with van der Waals surface area (Å²) in [5.74, 6) is -5.25. The predicted molar refractivity (Wildman–Crippen MR) is 144 cm³/mol. The summed E-state index contributed by atoms with van der Waals surface area (Å²) in [6.07, 6.45) is 0.641. The molecular weight excluding hydrogens is 585 g/mol. The average molecular weight is 611 g/mol. The zero-order valence-electron chi connectivity index (χ0n) is 21.6. The second kappa shape index (κ2) is 9.96. The number of benzene rings is 2. The first-order chi connectivity index (χ1) is 19.3. The number of nitrogens with one attached hydrogen (secondary N) is 1. The first-order valence-corrected chi connectivity index (χ1v) is 15.0. The highest BCUT2D eigenvalue weighted by Crippen LogP contribution is 2.41. The van der Waals surface area contributed by atoms with Gasteiger partial charge in [0.25, 0.3) is 11.8 Å². The third-order valence-corrected chi connectivity index (χ3v) is 9.91. The average Bonchev–Trinajstić information content (AvgIpc) is 3.51. The summed E-state index contributed by atoms with van der Waals surface area (Å²) in [5.41, 5.74) is 5.67. The Morgan fingerprint density at radius 2 is 1.85 bits per heavy atom. The second-order valence-electron chi connectivity index (χ2n) is 10.8. The van der Waals surface area contributed by atoms with E-state index in [0.29, 0.717) is 36.5 Å². The van der Waals surface area contributed by atoms with Gasteiger partial charge in [-0.1, -0.05) is 28.8 Å². The van der Waals surface area contributed by atoms with E-state index in [1.54, 1.807) is 29.2 Å². The smallest absolute Gasteiger partial charge is 0.318 e. The number of alkyl halides is 2. The van der Waals surface area contributed by atoms with Gasteiger partial charge in [0.2, 0.25) is 5.91 Å². The molecule has 1 atom stereocenters. The number of hydrogen-bond acceptors (Lipinski definition) is 9. The number of amides is 1. The van der Waals surface area contributed by atoms with Gasteiger partial charge in [-0.3, -0.25) is 4.79 Å². The molecule has 1 amide bonds. The molecule has 10 nitrogen and oxygen atoms in total. The van der Waals surface area contributed by atoms with Crippen molar-refractivity contribution in [2.24, 2.45) is 5.73 Å². The van der Waals surface area contributed by atoms with Crippen molar-refractivity contribution in [1.29, 1.82) is 0 Å². The van der Waals surface area contributed by atoms with E-state index in [1.807, 2.05) is 0 Å². The number of hydrogen-bond donors (Lipinski definition) is 2. The van der Waals surface area contributed by atoms with E-state index < -0.39 is 44.8 Å². The summed E-state index contributed by atoms with van der Waals surface area (Å²) in [4.78, 5) is 15.8. The second-order valence-corrected chi connectivity index (χ2v) is 13.2. The van der Waals surface area contributed by atoms with Crippen molar-refractivity contribution < 1.29 is 30.8 Å². The van der Waals surface area contributed by atoms with Crippen molar-refractivity contribution in [2.45, 2.75) is 48.2 Å². The molecule has 3 aliphatic heterocycles. The highest BCUT2D eigenvalue weighted by molar-refractivity contribution is 7.91. The Kier molecular flexibility index (Phi) is 6.79. The number of piperidine rings is 1. The van der Waals surface area contributed by atoms with Crippen LogP contribution in [0.5, 0.6) is 0 Å². The molecular formula is C26H26ClF3N6O4S. The van der Waals surface area contributed by atoms with Gasteiger partial charge in [0.1, 0.15) is 5.82 Å². The van der Waals surface area contributed by atoms with Gasteiger partial charge in [-0.05, 0) is 42.7 Å². The maximum Gasteiger partial charge on any atom is 0.318 e. The minimum Gasteiger partial charge on any atom is -0.403 e. The molecule has 0 saturated carbocycles. The lowest BCUT2D eigenvalue weighted by Crippen LogP contribution is -2.50. The molecule has 3 N–H and O–H groups in total. The van der Waals surface area contributed by atoms with Crippen molar-refractivity contribution in [3.05, 3.63) is 52.8 Å². The van der Waals surface area contributed by atoms with Crippen LogP contribution in [-0.4, -0.2) is 67.4 Å². The Hall–Kier alpha value is -3.20. The predicted octanol–water partition coefficient (Wildman–Crippen LogP) is 3.14. The normalized spacial score (nSPS) is 23.0. The molecule has 1 aromatic heterocycles. The lowest BCUT2D eigenvalue weighted by Gasteiger charge is -2.38. The SMILES string of the molecule is N[C@H]1CS(=O)(=O)c2cc(F)c(-c3nnc(N4CCC5(CC4)CC(F)(F)CN5)o3)cc2N(Cc2ccc(Cl)cc2)C1=O. The first-order valence-electron chi connectivity index (χ1n) is 12.9. The molecule has 0 aliphatic carbocycles. The van der Waals surface area contributed by atoms with Crippen LogP contribution in [0, 0.1) is 5.82 Å². The molecule has 4 heterocycles. The Labute approximate surface area is 238 Å². The highest BCUT2D eigenvalue weighted by atomic mass is 35.5. The molecule has 15 heteroatoms. The van der Waals surface area contributed by atoms with Crippen LogP contribution in [-0.2, 0) is 21.2 Å². The molecule has 0 unspecified atom stereocenters. The van der Waals surface area contributed by atoms with E-state index in [0.717, 1.165) is 6.07 Å². The molecule has 2 fully saturated rings. The number of aromatic nitrogens is 2. The summed E-state index contributed by atoms with van der Waals surface area (Å²) >= 11 is 5.98. The van der Waals surface area contributed by atoms with Gasteiger partial charge in [-0.15, -0.1) is 5.10 Å². The van der Waals surface area contributed by atoms with Crippen LogP contribution >= 0.6 is 11.6 Å². The van der Waals surface area contributed by atoms with Crippen molar-refractivity contribution in [3.63, 3.8) is 0 Å². The van der Waals surface area contributed by atoms with Crippen LogP contribution in [0.3, 0.4) is 0 Å². The molecule has 6 rings (SSSR count). The van der Waals surface area contributed by atoms with Crippen molar-refractivity contribution in [3.8, 4) is 11.5 Å². The number of anilines is 2. The molecule has 218 valence electrons. The van der Waals surface area contributed by atoms with E-state index in [4.69, 9.17) is 21.8 Å². The van der Waals surface area contributed by atoms with Crippen LogP contribution in [0.4, 0.5) is 24.9 Å². The van der Waals surface area contributed by atoms with Gasteiger partial charge >= 0.3 is 6.01 Å². The molecule has 1 spiro atoms. The monoisotopic (exact) mass is 610 g/mol. The Morgan fingerprint density at radius 1 is 1.15 bits per heavy atom. The van der Waals surface area contributed by atoms with E-state index in [-0.39, 0.29) is 47.6 Å². The number of nitrogens with zero attached hydrogens (tertiary/aromatic N) is 4. The van der Waals surface area contributed by atoms with E-state index in [1.165, 1.54) is 11.0 Å². The summed E-state index contributed by atoms with van der Waals surface area (Å²) in [5, 5.41) is 11.4. The Morgan fingerprint density at radius 3 is 2.51 bits per heavy atom. The molecule has 0 bridgehead atoms. The third kappa shape index (κ3) is 5.29. The fraction of sp³-hybridized carbons (Fsp3) is 0.423. The topological polar surface area (TPSA) is 135 Å². The molecule has 0 radical (unpaired) electrons. The van der Waals surface area contributed by atoms with Crippen LogP contribution in [0.1, 0.15) is 24.8 Å². The number of rotatable bonds is 4. The third-order valence-electron chi connectivity index (χ3n) is 7.87. The van der Waals surface area contributed by atoms with Crippen LogP contribution in [0.2, 0.25) is 5.02 Å². The molecule has 2 saturated heterocycles. The summed E-state index contributed by atoms with van der Waals surface area (Å²) in [6, 6.07) is 7.37. The van der Waals surface area contributed by atoms with E-state index in [2.05, 4.69) is 15.5 Å². The van der Waals surface area contributed by atoms with Gasteiger partial charge in [0.05, 0.1) is 41.0 Å². The highest BCUT2D eigenvalue weighted by Gasteiger charge is 2.50. The quantitative estimate of drug-likeness (QED) is 0.457. The van der Waals surface area contributed by atoms with Gasteiger partial charge in [0.15, 0.2) is 9.84 Å². The van der Waals surface area contributed by atoms with Gasteiger partial charge in [-0.25, -0.2) is 21.6 Å². The zero-order valence-corrected chi connectivity index (χ0v) is 23.2. The van der Waals surface area contributed by atoms with Crippen LogP contribution in [0.25, 0.3) is 11.5 Å². The van der Waals surface area contributed by atoms with Crippen molar-refractivity contribution >= 4 is 39.0 Å². The number of nitrogens with two attached hydrogens (primary N) is 1. The Balaban J connectivity index is 1.32. The Bertz CT molecular complexity index is 1610. The number of carbonyl (C=O) groups excluding carboxylic acids is 1. The summed E-state index contributed by atoms with van der Waals surface area (Å²) < 4.78 is 75.0. The lowest BCUT2D eigenvalue weighted by molar-refractivity contribution is -0.119. The van der Waals surface area contributed by atoms with Crippen LogP contribution < -0.4 is 20.9 Å². The molecule has 41 heavy (non-hydrogen) atoms. The maximum absolute atomic E-state index is 15.4. The molecule has 2 aromatic carbocycles. The number of halogens is 4. The van der Waals surface area contributed by atoms with Crippen molar-refractivity contribution in [1.82, 2.24) is 15.5 Å². The van der Waals surface area contributed by atoms with E-state index in [9.17, 15) is 22.0 Å². The maximum atomic E-state index is 15.4. The first kappa shape index (κ1) is 27.9. The standard InChI is InChI=1S/C26H26ClF3N6O4S/c27-16-3-1-15(2-4-16)11-36-20-9-17(18(28)10-21(20)41(38,39)12-19(31)23(36)37)22-33-34-24(40-22)35-7-5-25(6-8-35)13-26(29,30)14-32-25/h1-4,9-10,19,32H,5-8,11-14,31H2/t19-/m0/s1. The molecule has 3 aliphatic rings. The van der Waals surface area contributed by atoms with Gasteiger partial charge in [0, 0.05) is 30.1 Å². The zero-order chi connectivity index (χ0) is 29.2. The summed E-state index contributed by atoms with van der Waals surface area (Å²) in [6.45, 7) is 0.343. The summed E-state index contributed by atoms with van der Waals surface area (Å²) in [7, 11) is -4.13. The lowest BCUT2D eigenvalue weighted by atomic mass is 9.85.